The van der Waals surface area contributed by atoms with Crippen LogP contribution in [-0.4, -0.2) is 10.5 Å². The number of fused-ring (bicyclic) bond motifs is 3. The molecule has 0 aliphatic rings. The van der Waals surface area contributed by atoms with Gasteiger partial charge in [0.15, 0.2) is 0 Å². The number of hydrogen-bond donors (Lipinski definition) is 1. The highest BCUT2D eigenvalue weighted by molar-refractivity contribution is 7.82. The van der Waals surface area contributed by atoms with Crippen molar-refractivity contribution in [1.82, 2.24) is 4.72 Å². The van der Waals surface area contributed by atoms with Crippen LogP contribution in [0.15, 0.2) is 46.9 Å². The third-order valence-corrected chi connectivity index (χ3v) is 3.47. The Morgan fingerprint density at radius 3 is 2.72 bits per heavy atom. The predicted octanol–water partition coefficient (Wildman–Crippen LogP) is 2.97. The van der Waals surface area contributed by atoms with E-state index in [9.17, 15) is 4.21 Å². The molecule has 0 amide bonds. The van der Waals surface area contributed by atoms with Crippen molar-refractivity contribution < 1.29 is 8.63 Å². The van der Waals surface area contributed by atoms with Crippen LogP contribution in [-0.2, 0) is 17.5 Å². The molecule has 2 aromatic carbocycles. The zero-order valence-corrected chi connectivity index (χ0v) is 10.8. The van der Waals surface area contributed by atoms with Gasteiger partial charge >= 0.3 is 0 Å². The van der Waals surface area contributed by atoms with Crippen LogP contribution in [0.25, 0.3) is 21.9 Å². The maximum atomic E-state index is 11.0. The van der Waals surface area contributed by atoms with E-state index in [1.54, 1.807) is 6.26 Å². The number of para-hydroxylation sites is 1. The minimum absolute atomic E-state index is 0.596. The molecule has 0 spiro atoms. The largest absolute Gasteiger partial charge is 0.456 e. The lowest BCUT2D eigenvalue weighted by Gasteiger charge is -2.01. The van der Waals surface area contributed by atoms with Crippen LogP contribution in [0.4, 0.5) is 0 Å². The molecule has 18 heavy (non-hydrogen) atoms. The zero-order chi connectivity index (χ0) is 12.5. The van der Waals surface area contributed by atoms with Crippen LogP contribution in [0.2, 0.25) is 0 Å². The van der Waals surface area contributed by atoms with Gasteiger partial charge in [-0.3, -0.25) is 0 Å². The van der Waals surface area contributed by atoms with Crippen molar-refractivity contribution in [3.05, 3.63) is 48.0 Å². The molecule has 4 heteroatoms. The van der Waals surface area contributed by atoms with Crippen molar-refractivity contribution in [2.75, 3.05) is 6.26 Å². The lowest BCUT2D eigenvalue weighted by molar-refractivity contribution is 0.668. The van der Waals surface area contributed by atoms with E-state index in [0.29, 0.717) is 6.54 Å². The Labute approximate surface area is 107 Å². The van der Waals surface area contributed by atoms with Gasteiger partial charge in [-0.25, -0.2) is 8.93 Å². The van der Waals surface area contributed by atoms with Crippen molar-refractivity contribution in [1.29, 1.82) is 0 Å². The fraction of sp³-hybridized carbons (Fsp3) is 0.143. The Bertz CT molecular complexity index is 733. The summed E-state index contributed by atoms with van der Waals surface area (Å²) in [6.07, 6.45) is 1.63. The van der Waals surface area contributed by atoms with E-state index in [2.05, 4.69) is 16.9 Å². The second-order valence-electron chi connectivity index (χ2n) is 4.20. The molecule has 1 unspecified atom stereocenters. The monoisotopic (exact) mass is 259 g/mol. The fourth-order valence-corrected chi connectivity index (χ4v) is 2.44. The Balaban J connectivity index is 2.09. The van der Waals surface area contributed by atoms with Gasteiger partial charge in [0.1, 0.15) is 11.2 Å². The van der Waals surface area contributed by atoms with Crippen molar-refractivity contribution >= 4 is 32.9 Å². The molecule has 1 aromatic heterocycles. The summed E-state index contributed by atoms with van der Waals surface area (Å²) in [6, 6.07) is 14.0. The van der Waals surface area contributed by atoms with Gasteiger partial charge in [-0.05, 0) is 23.8 Å². The van der Waals surface area contributed by atoms with Crippen LogP contribution in [0.1, 0.15) is 5.56 Å². The third kappa shape index (κ3) is 2.05. The lowest BCUT2D eigenvalue weighted by atomic mass is 10.1. The number of nitrogens with one attached hydrogen (secondary N) is 1. The number of furan rings is 1. The quantitative estimate of drug-likeness (QED) is 0.785. The molecule has 0 aliphatic heterocycles. The normalized spacial score (nSPS) is 13.2. The van der Waals surface area contributed by atoms with E-state index in [-0.39, 0.29) is 0 Å². The highest BCUT2D eigenvalue weighted by Crippen LogP contribution is 2.28. The highest BCUT2D eigenvalue weighted by Gasteiger charge is 2.06. The maximum Gasteiger partial charge on any atom is 0.135 e. The molecule has 3 rings (SSSR count). The van der Waals surface area contributed by atoms with Gasteiger partial charge < -0.3 is 4.42 Å². The topological polar surface area (TPSA) is 42.2 Å². The van der Waals surface area contributed by atoms with Gasteiger partial charge in [-0.15, -0.1) is 0 Å². The summed E-state index contributed by atoms with van der Waals surface area (Å²) in [5.41, 5.74) is 2.89. The SMILES string of the molecule is CS(=O)NCc1ccc2oc3ccccc3c2c1. The van der Waals surface area contributed by atoms with Crippen LogP contribution in [0, 0.1) is 0 Å². The van der Waals surface area contributed by atoms with Gasteiger partial charge in [-0.2, -0.15) is 0 Å². The Hall–Kier alpha value is -1.65. The molecule has 1 atom stereocenters. The first kappa shape index (κ1) is 11.4. The summed E-state index contributed by atoms with van der Waals surface area (Å²) < 4.78 is 19.7. The van der Waals surface area contributed by atoms with Crippen molar-refractivity contribution in [3.8, 4) is 0 Å². The molecule has 0 radical (unpaired) electrons. The van der Waals surface area contributed by atoms with Crippen molar-refractivity contribution in [3.63, 3.8) is 0 Å². The molecule has 0 aliphatic carbocycles. The summed E-state index contributed by atoms with van der Waals surface area (Å²) in [4.78, 5) is 0. The van der Waals surface area contributed by atoms with E-state index < -0.39 is 11.0 Å². The molecule has 0 saturated heterocycles. The number of hydrogen-bond acceptors (Lipinski definition) is 2. The summed E-state index contributed by atoms with van der Waals surface area (Å²) in [7, 11) is -0.991. The van der Waals surface area contributed by atoms with Gasteiger partial charge in [0.05, 0.1) is 11.0 Å². The highest BCUT2D eigenvalue weighted by atomic mass is 32.2. The minimum Gasteiger partial charge on any atom is -0.456 e. The molecule has 3 nitrogen and oxygen atoms in total. The standard InChI is InChI=1S/C14H13NO2S/c1-18(16)15-9-10-6-7-14-12(8-10)11-4-2-3-5-13(11)17-14/h2-8,15H,9H2,1H3. The molecule has 0 bridgehead atoms. The van der Waals surface area contributed by atoms with Gasteiger partial charge in [0.25, 0.3) is 0 Å². The first-order valence-corrected chi connectivity index (χ1v) is 7.27. The first-order chi connectivity index (χ1) is 8.74. The van der Waals surface area contributed by atoms with Crippen LogP contribution >= 0.6 is 0 Å². The van der Waals surface area contributed by atoms with Gasteiger partial charge in [0.2, 0.25) is 0 Å². The zero-order valence-electron chi connectivity index (χ0n) is 9.97. The second-order valence-corrected chi connectivity index (χ2v) is 5.40. The number of rotatable bonds is 3. The van der Waals surface area contributed by atoms with E-state index >= 15 is 0 Å². The summed E-state index contributed by atoms with van der Waals surface area (Å²) in [6.45, 7) is 0.596. The van der Waals surface area contributed by atoms with Gasteiger partial charge in [0, 0.05) is 23.6 Å². The molecule has 0 saturated carbocycles. The first-order valence-electron chi connectivity index (χ1n) is 5.71. The average molecular weight is 259 g/mol. The van der Waals surface area contributed by atoms with Gasteiger partial charge in [-0.1, -0.05) is 24.3 Å². The van der Waals surface area contributed by atoms with E-state index in [0.717, 1.165) is 27.5 Å². The maximum absolute atomic E-state index is 11.0. The Kier molecular flexibility index (Phi) is 2.89. The van der Waals surface area contributed by atoms with Crippen LogP contribution in [0.5, 0.6) is 0 Å². The molecule has 92 valence electrons. The molecule has 1 N–H and O–H groups in total. The lowest BCUT2D eigenvalue weighted by Crippen LogP contribution is -2.14. The third-order valence-electron chi connectivity index (χ3n) is 2.92. The van der Waals surface area contributed by atoms with E-state index in [1.165, 1.54) is 0 Å². The summed E-state index contributed by atoms with van der Waals surface area (Å²) in [5.74, 6) is 0. The predicted molar refractivity (Wildman–Crippen MR) is 74.6 cm³/mol. The molecule has 1 heterocycles. The fourth-order valence-electron chi connectivity index (χ4n) is 2.07. The summed E-state index contributed by atoms with van der Waals surface area (Å²) in [5, 5.41) is 2.22. The summed E-state index contributed by atoms with van der Waals surface area (Å²) >= 11 is 0. The van der Waals surface area contributed by atoms with Crippen molar-refractivity contribution in [2.24, 2.45) is 0 Å². The molecule has 0 fully saturated rings. The Morgan fingerprint density at radius 2 is 1.89 bits per heavy atom. The van der Waals surface area contributed by atoms with E-state index in [4.69, 9.17) is 4.42 Å². The van der Waals surface area contributed by atoms with Crippen molar-refractivity contribution in [2.45, 2.75) is 6.54 Å². The molecular formula is C14H13NO2S. The minimum atomic E-state index is -0.991. The second kappa shape index (κ2) is 4.55. The van der Waals surface area contributed by atoms with E-state index in [1.807, 2.05) is 30.3 Å². The molecule has 3 aromatic rings. The van der Waals surface area contributed by atoms with Crippen LogP contribution in [0.3, 0.4) is 0 Å². The number of benzene rings is 2. The smallest absolute Gasteiger partial charge is 0.135 e. The average Bonchev–Trinajstić information content (AvgIpc) is 2.74. The Morgan fingerprint density at radius 1 is 1.11 bits per heavy atom. The molecular weight excluding hydrogens is 246 g/mol. The van der Waals surface area contributed by atoms with Crippen LogP contribution < -0.4 is 4.72 Å².